The van der Waals surface area contributed by atoms with Gasteiger partial charge in [0.1, 0.15) is 23.8 Å². The number of epoxide rings is 2. The monoisotopic (exact) mass is 448 g/mol. The molecule has 0 aromatic heterocycles. The molecular formula is C24H32O8. The lowest BCUT2D eigenvalue weighted by molar-refractivity contribution is -0.145. The summed E-state index contributed by atoms with van der Waals surface area (Å²) in [5, 5.41) is 0. The second-order valence-corrected chi connectivity index (χ2v) is 10.6. The molecule has 0 unspecified atom stereocenters. The van der Waals surface area contributed by atoms with Gasteiger partial charge >= 0.3 is 11.9 Å². The van der Waals surface area contributed by atoms with E-state index in [4.69, 9.17) is 18.9 Å². The van der Waals surface area contributed by atoms with E-state index < -0.39 is 0 Å². The van der Waals surface area contributed by atoms with Gasteiger partial charge in [-0.3, -0.25) is 19.2 Å². The fourth-order valence-corrected chi connectivity index (χ4v) is 7.40. The van der Waals surface area contributed by atoms with Gasteiger partial charge in [0.05, 0.1) is 36.3 Å². The Kier molecular flexibility index (Phi) is 5.06. The maximum absolute atomic E-state index is 11.7. The van der Waals surface area contributed by atoms with Crippen LogP contribution in [-0.2, 0) is 38.1 Å². The summed E-state index contributed by atoms with van der Waals surface area (Å²) in [7, 11) is 0. The molecule has 0 N–H and O–H groups in total. The lowest BCUT2D eigenvalue weighted by Gasteiger charge is -2.33. The fourth-order valence-electron chi connectivity index (χ4n) is 7.40. The summed E-state index contributed by atoms with van der Waals surface area (Å²) in [5.41, 5.74) is 0. The van der Waals surface area contributed by atoms with Crippen molar-refractivity contribution in [1.29, 1.82) is 0 Å². The van der Waals surface area contributed by atoms with Crippen LogP contribution < -0.4 is 0 Å². The van der Waals surface area contributed by atoms with Crippen LogP contribution in [0.2, 0.25) is 0 Å². The first kappa shape index (κ1) is 22.0. The number of Topliss-reactive ketones (excluding diaryl/α,β-unsaturated/α-hetero) is 2. The number of carbonyl (C=O) groups excluding carboxylic acids is 4. The van der Waals surface area contributed by atoms with Gasteiger partial charge in [-0.15, -0.1) is 0 Å². The molecule has 0 bridgehead atoms. The van der Waals surface area contributed by atoms with Crippen LogP contribution in [0.5, 0.6) is 0 Å². The first-order valence-electron chi connectivity index (χ1n) is 11.8. The molecule has 0 spiro atoms. The second-order valence-electron chi connectivity index (χ2n) is 10.6. The molecule has 4 saturated heterocycles. The van der Waals surface area contributed by atoms with Gasteiger partial charge in [0, 0.05) is 23.7 Å². The standard InChI is InChI=1S/2C12H16O4/c2*1-4-7(5(2)13)8-6(3)15-12(14)9(8)11-10(4)16-11/h2*4,6-11H,1-3H3/t4-,6+,7+,8-,9-,10+,11-;4-,6+,7+,8-,9-,10-,11+/m00/s1. The highest BCUT2D eigenvalue weighted by Crippen LogP contribution is 2.55. The number of esters is 2. The van der Waals surface area contributed by atoms with Gasteiger partial charge < -0.3 is 18.9 Å². The second kappa shape index (κ2) is 7.35. The minimum absolute atomic E-state index is 0.00745. The maximum Gasteiger partial charge on any atom is 0.312 e. The first-order chi connectivity index (χ1) is 15.0. The number of hydrogen-bond acceptors (Lipinski definition) is 8. The third-order valence-electron chi connectivity index (χ3n) is 8.83. The number of hydrogen-bond donors (Lipinski definition) is 0. The number of ether oxygens (including phenoxy) is 4. The Balaban J connectivity index is 0.000000135. The molecule has 8 nitrogen and oxygen atoms in total. The van der Waals surface area contributed by atoms with Crippen molar-refractivity contribution in [2.24, 2.45) is 47.3 Å². The summed E-state index contributed by atoms with van der Waals surface area (Å²) in [6.07, 6.45) is -0.111. The highest BCUT2D eigenvalue weighted by Gasteiger charge is 2.67. The van der Waals surface area contributed by atoms with Crippen molar-refractivity contribution >= 4 is 23.5 Å². The van der Waals surface area contributed by atoms with E-state index in [1.165, 1.54) is 0 Å². The minimum atomic E-state index is -0.204. The molecule has 4 heterocycles. The molecule has 4 aliphatic heterocycles. The molecule has 8 heteroatoms. The zero-order valence-corrected chi connectivity index (χ0v) is 19.3. The Morgan fingerprint density at radius 2 is 0.969 bits per heavy atom. The lowest BCUT2D eigenvalue weighted by Crippen LogP contribution is -2.44. The molecule has 0 radical (unpaired) electrons. The van der Waals surface area contributed by atoms with Crippen LogP contribution in [0.25, 0.3) is 0 Å². The number of fused-ring (bicyclic) bond motifs is 6. The van der Waals surface area contributed by atoms with Crippen LogP contribution in [0, 0.1) is 47.3 Å². The highest BCUT2D eigenvalue weighted by atomic mass is 16.6. The van der Waals surface area contributed by atoms with Crippen molar-refractivity contribution < 1.29 is 38.1 Å². The third-order valence-corrected chi connectivity index (χ3v) is 8.83. The molecule has 2 saturated carbocycles. The molecule has 6 aliphatic rings. The number of cyclic esters (lactones) is 2. The average molecular weight is 449 g/mol. The Morgan fingerprint density at radius 1 is 0.625 bits per heavy atom. The summed E-state index contributed by atoms with van der Waals surface area (Å²) in [6.45, 7) is 11.1. The van der Waals surface area contributed by atoms with E-state index in [9.17, 15) is 19.2 Å². The molecule has 0 amide bonds. The van der Waals surface area contributed by atoms with Crippen LogP contribution >= 0.6 is 0 Å². The number of rotatable bonds is 2. The van der Waals surface area contributed by atoms with Crippen LogP contribution in [0.3, 0.4) is 0 Å². The third kappa shape index (κ3) is 3.09. The van der Waals surface area contributed by atoms with E-state index in [0.29, 0.717) is 0 Å². The van der Waals surface area contributed by atoms with Gasteiger partial charge in [0.25, 0.3) is 0 Å². The van der Waals surface area contributed by atoms with E-state index in [-0.39, 0.29) is 107 Å². The van der Waals surface area contributed by atoms with Crippen LogP contribution in [-0.4, -0.2) is 60.1 Å². The summed E-state index contributed by atoms with van der Waals surface area (Å²) in [6, 6.07) is 0. The molecule has 6 fully saturated rings. The van der Waals surface area contributed by atoms with Gasteiger partial charge in [-0.1, -0.05) is 13.8 Å². The van der Waals surface area contributed by atoms with Crippen molar-refractivity contribution in [3.8, 4) is 0 Å². The number of ketones is 2. The fraction of sp³-hybridized carbons (Fsp3) is 0.833. The summed E-state index contributed by atoms with van der Waals surface area (Å²) in [5.74, 6) is -0.177. The van der Waals surface area contributed by atoms with Gasteiger partial charge in [-0.05, 0) is 39.5 Å². The van der Waals surface area contributed by atoms with Gasteiger partial charge in [-0.25, -0.2) is 0 Å². The Hall–Kier alpha value is -1.80. The zero-order chi connectivity index (χ0) is 23.2. The van der Waals surface area contributed by atoms with Crippen molar-refractivity contribution in [2.45, 2.75) is 78.2 Å². The average Bonchev–Trinajstić information content (AvgIpc) is 3.59. The van der Waals surface area contributed by atoms with Crippen molar-refractivity contribution in [3.05, 3.63) is 0 Å². The molecule has 32 heavy (non-hydrogen) atoms. The summed E-state index contributed by atoms with van der Waals surface area (Å²) in [4.78, 5) is 46.9. The molecular weight excluding hydrogens is 416 g/mol. The van der Waals surface area contributed by atoms with Crippen molar-refractivity contribution in [3.63, 3.8) is 0 Å². The Labute approximate surface area is 187 Å². The van der Waals surface area contributed by atoms with E-state index >= 15 is 0 Å². The largest absolute Gasteiger partial charge is 0.462 e. The zero-order valence-electron chi connectivity index (χ0n) is 19.3. The van der Waals surface area contributed by atoms with Crippen LogP contribution in [0.15, 0.2) is 0 Å². The van der Waals surface area contributed by atoms with Crippen LogP contribution in [0.1, 0.15) is 41.5 Å². The normalized spacial score (nSPS) is 53.9. The lowest BCUT2D eigenvalue weighted by atomic mass is 9.65. The van der Waals surface area contributed by atoms with Gasteiger partial charge in [-0.2, -0.15) is 0 Å². The van der Waals surface area contributed by atoms with E-state index in [1.807, 2.05) is 27.7 Å². The van der Waals surface area contributed by atoms with Gasteiger partial charge in [0.15, 0.2) is 0 Å². The SMILES string of the molecule is CC(=O)[C@H]1[C@H](C)[C@@H]2O[C@@H]2[C@H]2C(=O)O[C@H](C)[C@H]21.CC(=O)[C@H]1[C@H](C)[C@H]2O[C@H]2[C@H]2C(=O)O[C@H](C)[C@H]21. The van der Waals surface area contributed by atoms with Crippen molar-refractivity contribution in [1.82, 2.24) is 0 Å². The first-order valence-corrected chi connectivity index (χ1v) is 11.8. The predicted octanol–water partition coefficient (Wildman–Crippen LogP) is 1.57. The smallest absolute Gasteiger partial charge is 0.312 e. The molecule has 176 valence electrons. The van der Waals surface area contributed by atoms with Crippen molar-refractivity contribution in [2.75, 3.05) is 0 Å². The molecule has 0 aromatic rings. The molecule has 14 atom stereocenters. The number of carbonyl (C=O) groups is 4. The molecule has 2 aliphatic carbocycles. The minimum Gasteiger partial charge on any atom is -0.462 e. The molecule has 0 aromatic carbocycles. The highest BCUT2D eigenvalue weighted by molar-refractivity contribution is 5.84. The van der Waals surface area contributed by atoms with E-state index in [0.717, 1.165) is 0 Å². The van der Waals surface area contributed by atoms with Crippen LogP contribution in [0.4, 0.5) is 0 Å². The maximum atomic E-state index is 11.7. The summed E-state index contributed by atoms with van der Waals surface area (Å²) >= 11 is 0. The van der Waals surface area contributed by atoms with Gasteiger partial charge in [0.2, 0.25) is 0 Å². The quantitative estimate of drug-likeness (QED) is 0.462. The van der Waals surface area contributed by atoms with E-state index in [1.54, 1.807) is 13.8 Å². The Morgan fingerprint density at radius 3 is 1.28 bits per heavy atom. The summed E-state index contributed by atoms with van der Waals surface area (Å²) < 4.78 is 21.6. The topological polar surface area (TPSA) is 112 Å². The van der Waals surface area contributed by atoms with E-state index in [2.05, 4.69) is 0 Å². The molecule has 6 rings (SSSR count). The predicted molar refractivity (Wildman–Crippen MR) is 109 cm³/mol. The Bertz CT molecular complexity index is 798.